The molecule has 0 fully saturated rings. The second kappa shape index (κ2) is 7.38. The lowest BCUT2D eigenvalue weighted by atomic mass is 10.1. The van der Waals surface area contributed by atoms with Crippen molar-refractivity contribution in [1.29, 1.82) is 0 Å². The third-order valence-corrected chi connectivity index (χ3v) is 4.35. The third-order valence-electron chi connectivity index (χ3n) is 4.35. The molecule has 4 aromatic rings. The molecule has 0 aliphatic heterocycles. The van der Waals surface area contributed by atoms with E-state index in [-0.39, 0.29) is 0 Å². The molecule has 0 amide bonds. The smallest absolute Gasteiger partial charge is 0.344 e. The van der Waals surface area contributed by atoms with Crippen LogP contribution in [0.4, 0.5) is 0 Å². The van der Waals surface area contributed by atoms with E-state index in [4.69, 9.17) is 13.9 Å². The van der Waals surface area contributed by atoms with Gasteiger partial charge in [0.2, 0.25) is 0 Å². The van der Waals surface area contributed by atoms with Gasteiger partial charge in [-0.15, -0.1) is 0 Å². The molecule has 0 aliphatic rings. The fourth-order valence-corrected chi connectivity index (χ4v) is 3.00. The van der Waals surface area contributed by atoms with Gasteiger partial charge >= 0.3 is 5.63 Å². The first-order valence-electron chi connectivity index (χ1n) is 8.63. The Morgan fingerprint density at radius 2 is 1.67 bits per heavy atom. The molecule has 0 saturated heterocycles. The summed E-state index contributed by atoms with van der Waals surface area (Å²) in [7, 11) is 1.57. The van der Waals surface area contributed by atoms with Gasteiger partial charge in [-0.05, 0) is 42.0 Å². The van der Waals surface area contributed by atoms with Crippen molar-refractivity contribution < 1.29 is 13.9 Å². The molecule has 4 heteroatoms. The summed E-state index contributed by atoms with van der Waals surface area (Å²) in [5, 5.41) is 2.19. The Kier molecular flexibility index (Phi) is 4.62. The van der Waals surface area contributed by atoms with Crippen LogP contribution < -0.4 is 15.1 Å². The molecule has 0 spiro atoms. The lowest BCUT2D eigenvalue weighted by Gasteiger charge is -2.07. The molecule has 4 nitrogen and oxygen atoms in total. The molecule has 1 aromatic heterocycles. The molecular formula is C23H18O4. The second-order valence-electron chi connectivity index (χ2n) is 6.08. The van der Waals surface area contributed by atoms with Gasteiger partial charge in [0.15, 0.2) is 0 Å². The van der Waals surface area contributed by atoms with Gasteiger partial charge in [-0.2, -0.15) is 0 Å². The van der Waals surface area contributed by atoms with Crippen LogP contribution in [0, 0.1) is 0 Å². The molecule has 1 heterocycles. The highest BCUT2D eigenvalue weighted by molar-refractivity contribution is 6.04. The van der Waals surface area contributed by atoms with Crippen LogP contribution in [-0.4, -0.2) is 13.7 Å². The van der Waals surface area contributed by atoms with Crippen LogP contribution >= 0.6 is 0 Å². The topological polar surface area (TPSA) is 48.7 Å². The molecule has 0 radical (unpaired) electrons. The van der Waals surface area contributed by atoms with Crippen LogP contribution in [0.2, 0.25) is 0 Å². The van der Waals surface area contributed by atoms with E-state index in [0.717, 1.165) is 16.3 Å². The summed E-state index contributed by atoms with van der Waals surface area (Å²) in [5.74, 6) is 1.27. The summed E-state index contributed by atoms with van der Waals surface area (Å²) in [4.78, 5) is 12.3. The van der Waals surface area contributed by atoms with Crippen molar-refractivity contribution in [2.75, 3.05) is 13.7 Å². The molecule has 4 rings (SSSR count). The van der Waals surface area contributed by atoms with Crippen LogP contribution in [0.15, 0.2) is 82.0 Å². The zero-order valence-corrected chi connectivity index (χ0v) is 14.8. The number of methoxy groups -OCH3 is 1. The zero-order valence-electron chi connectivity index (χ0n) is 14.8. The highest BCUT2D eigenvalue weighted by Crippen LogP contribution is 2.28. The van der Waals surface area contributed by atoms with E-state index in [1.165, 1.54) is 0 Å². The van der Waals surface area contributed by atoms with Gasteiger partial charge in [0.1, 0.15) is 23.7 Å². The molecule has 134 valence electrons. The van der Waals surface area contributed by atoms with Gasteiger partial charge in [0.05, 0.1) is 12.5 Å². The summed E-state index contributed by atoms with van der Waals surface area (Å²) in [6.07, 6.45) is 3.95. The Morgan fingerprint density at radius 1 is 0.889 bits per heavy atom. The van der Waals surface area contributed by atoms with Gasteiger partial charge in [0.25, 0.3) is 0 Å². The Morgan fingerprint density at radius 3 is 2.48 bits per heavy atom. The van der Waals surface area contributed by atoms with Crippen LogP contribution in [0.3, 0.4) is 0 Å². The Bertz CT molecular complexity index is 1170. The molecular weight excluding hydrogens is 340 g/mol. The van der Waals surface area contributed by atoms with Crippen molar-refractivity contribution in [3.8, 4) is 11.5 Å². The predicted octanol–water partition coefficient (Wildman–Crippen LogP) is 5.05. The van der Waals surface area contributed by atoms with Crippen LogP contribution in [0.5, 0.6) is 11.5 Å². The molecule has 0 unspecified atom stereocenters. The molecule has 0 saturated carbocycles. The largest absolute Gasteiger partial charge is 0.497 e. The fourth-order valence-electron chi connectivity index (χ4n) is 3.00. The quantitative estimate of drug-likeness (QED) is 0.370. The van der Waals surface area contributed by atoms with Gasteiger partial charge < -0.3 is 13.9 Å². The number of hydrogen-bond acceptors (Lipinski definition) is 4. The lowest BCUT2D eigenvalue weighted by Crippen LogP contribution is -2.01. The van der Waals surface area contributed by atoms with Crippen molar-refractivity contribution in [1.82, 2.24) is 0 Å². The van der Waals surface area contributed by atoms with E-state index in [2.05, 4.69) is 0 Å². The monoisotopic (exact) mass is 358 g/mol. The highest BCUT2D eigenvalue weighted by Gasteiger charge is 2.09. The SMILES string of the molecule is COc1ccc2c(c1)c(=O)oc1cc(OC/C=C/c3ccccc3)ccc12. The van der Waals surface area contributed by atoms with Gasteiger partial charge in [-0.25, -0.2) is 4.79 Å². The lowest BCUT2D eigenvalue weighted by molar-refractivity contribution is 0.363. The maximum Gasteiger partial charge on any atom is 0.344 e. The molecule has 0 N–H and O–H groups in total. The highest BCUT2D eigenvalue weighted by atomic mass is 16.5. The summed E-state index contributed by atoms with van der Waals surface area (Å²) in [6.45, 7) is 0.426. The number of fused-ring (bicyclic) bond motifs is 3. The van der Waals surface area contributed by atoms with Crippen molar-refractivity contribution in [2.24, 2.45) is 0 Å². The first-order valence-corrected chi connectivity index (χ1v) is 8.63. The van der Waals surface area contributed by atoms with E-state index in [0.29, 0.717) is 29.1 Å². The first-order chi connectivity index (χ1) is 13.2. The number of benzene rings is 3. The summed E-state index contributed by atoms with van der Waals surface area (Å²) < 4.78 is 16.4. The molecule has 0 atom stereocenters. The van der Waals surface area contributed by atoms with Crippen molar-refractivity contribution >= 4 is 27.8 Å². The second-order valence-corrected chi connectivity index (χ2v) is 6.08. The number of rotatable bonds is 5. The van der Waals surface area contributed by atoms with Gasteiger partial charge in [0, 0.05) is 16.8 Å². The Balaban J connectivity index is 1.60. The average molecular weight is 358 g/mol. The average Bonchev–Trinajstić information content (AvgIpc) is 2.71. The van der Waals surface area contributed by atoms with E-state index in [1.54, 1.807) is 19.2 Å². The van der Waals surface area contributed by atoms with Crippen molar-refractivity contribution in [2.45, 2.75) is 0 Å². The van der Waals surface area contributed by atoms with Crippen LogP contribution in [0.25, 0.3) is 27.8 Å². The predicted molar refractivity (Wildman–Crippen MR) is 108 cm³/mol. The standard InChI is InChI=1S/C23H18O4/c1-25-17-9-11-19-20-12-10-18(15-22(20)27-23(24)21(19)14-17)26-13-5-8-16-6-3-2-4-7-16/h2-12,14-15H,13H2,1H3/b8-5+. The fraction of sp³-hybridized carbons (Fsp3) is 0.0870. The van der Waals surface area contributed by atoms with Gasteiger partial charge in [-0.3, -0.25) is 0 Å². The summed E-state index contributed by atoms with van der Waals surface area (Å²) >= 11 is 0. The van der Waals surface area contributed by atoms with E-state index < -0.39 is 5.63 Å². The van der Waals surface area contributed by atoms with E-state index in [1.807, 2.05) is 66.7 Å². The minimum Gasteiger partial charge on any atom is -0.497 e. The summed E-state index contributed by atoms with van der Waals surface area (Å²) in [5.41, 5.74) is 1.23. The molecule has 3 aromatic carbocycles. The van der Waals surface area contributed by atoms with E-state index in [9.17, 15) is 4.79 Å². The minimum absolute atomic E-state index is 0.391. The molecule has 0 bridgehead atoms. The van der Waals surface area contributed by atoms with Crippen LogP contribution in [0.1, 0.15) is 5.56 Å². The number of ether oxygens (including phenoxy) is 2. The first kappa shape index (κ1) is 16.9. The maximum absolute atomic E-state index is 12.3. The normalized spacial score (nSPS) is 11.3. The summed E-state index contributed by atoms with van der Waals surface area (Å²) in [6, 6.07) is 21.0. The van der Waals surface area contributed by atoms with Crippen molar-refractivity contribution in [3.05, 3.63) is 88.8 Å². The minimum atomic E-state index is -0.391. The molecule has 0 aliphatic carbocycles. The Hall–Kier alpha value is -3.53. The Labute approximate surface area is 156 Å². The van der Waals surface area contributed by atoms with Crippen LogP contribution in [-0.2, 0) is 0 Å². The zero-order chi connectivity index (χ0) is 18.6. The molecule has 27 heavy (non-hydrogen) atoms. The maximum atomic E-state index is 12.3. The van der Waals surface area contributed by atoms with Crippen molar-refractivity contribution in [3.63, 3.8) is 0 Å². The van der Waals surface area contributed by atoms with Gasteiger partial charge in [-0.1, -0.05) is 36.4 Å². The number of hydrogen-bond donors (Lipinski definition) is 0. The third kappa shape index (κ3) is 3.55. The van der Waals surface area contributed by atoms with E-state index >= 15 is 0 Å².